The molecule has 8 heteroatoms. The third kappa shape index (κ3) is 2.41. The predicted octanol–water partition coefficient (Wildman–Crippen LogP) is 1.98. The number of fused-ring (bicyclic) bond motifs is 2. The topological polar surface area (TPSA) is 91.2 Å². The minimum absolute atomic E-state index is 0.335. The SMILES string of the molecule is COc1ccc(C2=NNC3(S2)C(=O)N(CC(=O)O)c2ccccc23)cc1. The highest BCUT2D eigenvalue weighted by molar-refractivity contribution is 8.16. The van der Waals surface area contributed by atoms with Gasteiger partial charge in [0.05, 0.1) is 12.8 Å². The van der Waals surface area contributed by atoms with Crippen molar-refractivity contribution in [2.75, 3.05) is 18.6 Å². The average Bonchev–Trinajstić information content (AvgIpc) is 3.20. The third-order valence-electron chi connectivity index (χ3n) is 4.32. The Morgan fingerprint density at radius 2 is 2.00 bits per heavy atom. The molecule has 0 radical (unpaired) electrons. The number of anilines is 1. The molecule has 7 nitrogen and oxygen atoms in total. The van der Waals surface area contributed by atoms with Gasteiger partial charge in [0.1, 0.15) is 17.3 Å². The van der Waals surface area contributed by atoms with Crippen LogP contribution in [0.25, 0.3) is 0 Å². The number of hydrogen-bond acceptors (Lipinski definition) is 6. The van der Waals surface area contributed by atoms with Gasteiger partial charge in [-0.05, 0) is 30.3 Å². The normalized spacial score (nSPS) is 20.7. The van der Waals surface area contributed by atoms with Crippen molar-refractivity contribution in [2.24, 2.45) is 5.10 Å². The Labute approximate surface area is 153 Å². The van der Waals surface area contributed by atoms with Crippen molar-refractivity contribution in [1.82, 2.24) is 5.43 Å². The monoisotopic (exact) mass is 369 g/mol. The van der Waals surface area contributed by atoms with Crippen LogP contribution in [0, 0.1) is 0 Å². The van der Waals surface area contributed by atoms with E-state index >= 15 is 0 Å². The number of carbonyl (C=O) groups is 2. The molecular weight excluding hydrogens is 354 g/mol. The maximum atomic E-state index is 13.1. The highest BCUT2D eigenvalue weighted by atomic mass is 32.2. The summed E-state index contributed by atoms with van der Waals surface area (Å²) in [4.78, 5) is 24.4. The molecule has 132 valence electrons. The Hall–Kier alpha value is -3.00. The molecule has 0 bridgehead atoms. The van der Waals surface area contributed by atoms with Crippen molar-refractivity contribution < 1.29 is 19.4 Å². The number of rotatable bonds is 4. The lowest BCUT2D eigenvalue weighted by atomic mass is 10.1. The second-order valence-electron chi connectivity index (χ2n) is 5.84. The number of methoxy groups -OCH3 is 1. The summed E-state index contributed by atoms with van der Waals surface area (Å²) in [5, 5.41) is 14.2. The molecule has 4 rings (SSSR count). The first-order valence-electron chi connectivity index (χ1n) is 7.87. The van der Waals surface area contributed by atoms with Gasteiger partial charge in [-0.2, -0.15) is 5.10 Å². The van der Waals surface area contributed by atoms with E-state index in [-0.39, 0.29) is 5.91 Å². The van der Waals surface area contributed by atoms with Crippen LogP contribution in [0.4, 0.5) is 5.69 Å². The average molecular weight is 369 g/mol. The van der Waals surface area contributed by atoms with Crippen molar-refractivity contribution in [1.29, 1.82) is 0 Å². The van der Waals surface area contributed by atoms with E-state index in [2.05, 4.69) is 10.5 Å². The van der Waals surface area contributed by atoms with E-state index in [0.29, 0.717) is 16.3 Å². The predicted molar refractivity (Wildman–Crippen MR) is 98.4 cm³/mol. The van der Waals surface area contributed by atoms with Gasteiger partial charge in [0.25, 0.3) is 5.91 Å². The van der Waals surface area contributed by atoms with Gasteiger partial charge in [-0.25, -0.2) is 0 Å². The van der Waals surface area contributed by atoms with Crippen molar-refractivity contribution >= 4 is 34.4 Å². The lowest BCUT2D eigenvalue weighted by Gasteiger charge is -2.21. The number of thioether (sulfide) groups is 1. The number of nitrogens with zero attached hydrogens (tertiary/aromatic N) is 2. The van der Waals surface area contributed by atoms with Crippen LogP contribution in [0.5, 0.6) is 5.75 Å². The van der Waals surface area contributed by atoms with Crippen molar-refractivity contribution in [3.8, 4) is 5.75 Å². The lowest BCUT2D eigenvalue weighted by molar-refractivity contribution is -0.136. The second kappa shape index (κ2) is 6.06. The fraction of sp³-hybridized carbons (Fsp3) is 0.167. The molecule has 2 N–H and O–H groups in total. The summed E-state index contributed by atoms with van der Waals surface area (Å²) in [6.07, 6.45) is 0. The fourth-order valence-corrected chi connectivity index (χ4v) is 4.30. The minimum atomic E-state index is -1.14. The summed E-state index contributed by atoms with van der Waals surface area (Å²) < 4.78 is 5.16. The summed E-state index contributed by atoms with van der Waals surface area (Å²) in [7, 11) is 1.60. The van der Waals surface area contributed by atoms with E-state index in [0.717, 1.165) is 11.3 Å². The van der Waals surface area contributed by atoms with Crippen LogP contribution < -0.4 is 15.1 Å². The molecule has 0 saturated heterocycles. The maximum absolute atomic E-state index is 13.1. The van der Waals surface area contributed by atoms with E-state index in [1.54, 1.807) is 19.2 Å². The van der Waals surface area contributed by atoms with Gasteiger partial charge in [-0.15, -0.1) is 0 Å². The fourth-order valence-electron chi connectivity index (χ4n) is 3.10. The number of nitrogens with one attached hydrogen (secondary N) is 1. The molecule has 1 spiro atoms. The van der Waals surface area contributed by atoms with Crippen LogP contribution >= 0.6 is 11.8 Å². The molecule has 2 aliphatic heterocycles. The molecule has 1 amide bonds. The number of aliphatic carboxylic acids is 1. The quantitative estimate of drug-likeness (QED) is 0.856. The van der Waals surface area contributed by atoms with Gasteiger partial charge in [-0.3, -0.25) is 19.9 Å². The number of hydrazone groups is 1. The molecule has 0 fully saturated rings. The smallest absolute Gasteiger partial charge is 0.323 e. The number of carboxylic acid groups (broad SMARTS) is 1. The molecular formula is C18H15N3O4S. The molecule has 2 aromatic carbocycles. The summed E-state index contributed by atoms with van der Waals surface area (Å²) in [5.74, 6) is -0.669. The molecule has 0 aliphatic carbocycles. The molecule has 2 aliphatic rings. The van der Waals surface area contributed by atoms with Crippen molar-refractivity contribution in [3.05, 3.63) is 59.7 Å². The van der Waals surface area contributed by atoms with Crippen LogP contribution in [-0.4, -0.2) is 35.7 Å². The van der Waals surface area contributed by atoms with Gasteiger partial charge in [0.2, 0.25) is 4.87 Å². The van der Waals surface area contributed by atoms with E-state index < -0.39 is 17.4 Å². The van der Waals surface area contributed by atoms with Gasteiger partial charge < -0.3 is 9.84 Å². The van der Waals surface area contributed by atoms with Gasteiger partial charge >= 0.3 is 5.97 Å². The van der Waals surface area contributed by atoms with Crippen LogP contribution in [0.1, 0.15) is 11.1 Å². The van der Waals surface area contributed by atoms with Crippen LogP contribution in [0.3, 0.4) is 0 Å². The first kappa shape index (κ1) is 16.5. The third-order valence-corrected chi connectivity index (χ3v) is 5.63. The number of carboxylic acids is 1. The Bertz CT molecular complexity index is 928. The number of benzene rings is 2. The second-order valence-corrected chi connectivity index (χ2v) is 7.05. The highest BCUT2D eigenvalue weighted by Gasteiger charge is 2.55. The first-order valence-corrected chi connectivity index (χ1v) is 8.68. The van der Waals surface area contributed by atoms with E-state index in [1.165, 1.54) is 16.7 Å². The number of carbonyl (C=O) groups excluding carboxylic acids is 1. The molecule has 0 aromatic heterocycles. The Kier molecular flexibility index (Phi) is 3.84. The summed E-state index contributed by atoms with van der Waals surface area (Å²) in [6, 6.07) is 14.6. The van der Waals surface area contributed by atoms with Crippen molar-refractivity contribution in [2.45, 2.75) is 4.87 Å². The molecule has 0 saturated carbocycles. The lowest BCUT2D eigenvalue weighted by Crippen LogP contribution is -2.45. The van der Waals surface area contributed by atoms with Gasteiger partial charge in [0.15, 0.2) is 0 Å². The zero-order valence-electron chi connectivity index (χ0n) is 13.8. The molecule has 26 heavy (non-hydrogen) atoms. The standard InChI is InChI=1S/C18H15N3O4S/c1-25-12-8-6-11(7-9-12)16-19-20-18(26-16)13-4-2-3-5-14(13)21(17(18)24)10-15(22)23/h2-9,20H,10H2,1H3,(H,22,23). The Balaban J connectivity index is 1.69. The van der Waals surface area contributed by atoms with Crippen LogP contribution in [0.15, 0.2) is 53.6 Å². The number of ether oxygens (including phenoxy) is 1. The largest absolute Gasteiger partial charge is 0.497 e. The minimum Gasteiger partial charge on any atom is -0.497 e. The van der Waals surface area contributed by atoms with Crippen LogP contribution in [-0.2, 0) is 14.5 Å². The number of hydrogen-bond donors (Lipinski definition) is 2. The zero-order valence-corrected chi connectivity index (χ0v) is 14.6. The van der Waals surface area contributed by atoms with E-state index in [9.17, 15) is 9.59 Å². The van der Waals surface area contributed by atoms with Crippen molar-refractivity contribution in [3.63, 3.8) is 0 Å². The molecule has 2 heterocycles. The maximum Gasteiger partial charge on any atom is 0.323 e. The Morgan fingerprint density at radius 3 is 2.69 bits per heavy atom. The molecule has 2 aromatic rings. The number of para-hydroxylation sites is 1. The van der Waals surface area contributed by atoms with E-state index in [1.807, 2.05) is 36.4 Å². The zero-order chi connectivity index (χ0) is 18.3. The number of amides is 1. The molecule has 1 unspecified atom stereocenters. The summed E-state index contributed by atoms with van der Waals surface area (Å²) in [6.45, 7) is -0.391. The highest BCUT2D eigenvalue weighted by Crippen LogP contribution is 2.50. The molecule has 1 atom stereocenters. The van der Waals surface area contributed by atoms with E-state index in [4.69, 9.17) is 9.84 Å². The first-order chi connectivity index (χ1) is 12.5. The van der Waals surface area contributed by atoms with Gasteiger partial charge in [-0.1, -0.05) is 30.0 Å². The Morgan fingerprint density at radius 1 is 1.27 bits per heavy atom. The van der Waals surface area contributed by atoms with Gasteiger partial charge in [0, 0.05) is 11.1 Å². The van der Waals surface area contributed by atoms with Crippen LogP contribution in [0.2, 0.25) is 0 Å². The summed E-state index contributed by atoms with van der Waals surface area (Å²) in [5.41, 5.74) is 5.10. The summed E-state index contributed by atoms with van der Waals surface area (Å²) >= 11 is 1.28.